The number of nitrogens with two attached hydrogens (primary N) is 1. The molecule has 19 heavy (non-hydrogen) atoms. The highest BCUT2D eigenvalue weighted by Gasteiger charge is 2.10. The van der Waals surface area contributed by atoms with Gasteiger partial charge in [0.15, 0.2) is 0 Å². The van der Waals surface area contributed by atoms with E-state index in [1.54, 1.807) is 0 Å². The van der Waals surface area contributed by atoms with Gasteiger partial charge in [0.25, 0.3) is 5.91 Å². The molecule has 0 fully saturated rings. The van der Waals surface area contributed by atoms with Crippen molar-refractivity contribution >= 4 is 11.6 Å². The number of benzene rings is 2. The number of carbonyl (C=O) groups is 1. The van der Waals surface area contributed by atoms with Crippen LogP contribution in [0.3, 0.4) is 0 Å². The van der Waals surface area contributed by atoms with Gasteiger partial charge in [0.1, 0.15) is 0 Å². The molecule has 0 radical (unpaired) electrons. The molecule has 3 N–H and O–H groups in total. The normalized spacial score (nSPS) is 10.3. The number of rotatable bonds is 3. The van der Waals surface area contributed by atoms with Crippen molar-refractivity contribution in [3.05, 3.63) is 64.7 Å². The fraction of sp³-hybridized carbons (Fsp3) is 0.188. The Labute approximate surface area is 113 Å². The van der Waals surface area contributed by atoms with E-state index in [1.165, 1.54) is 0 Å². The zero-order valence-corrected chi connectivity index (χ0v) is 11.2. The molecule has 0 spiro atoms. The predicted molar refractivity (Wildman–Crippen MR) is 78.2 cm³/mol. The van der Waals surface area contributed by atoms with Crippen LogP contribution in [0.15, 0.2) is 42.5 Å². The molecular weight excluding hydrogens is 236 g/mol. The van der Waals surface area contributed by atoms with Gasteiger partial charge >= 0.3 is 0 Å². The smallest absolute Gasteiger partial charge is 0.255 e. The summed E-state index contributed by atoms with van der Waals surface area (Å²) in [4.78, 5) is 12.2. The second kappa shape index (κ2) is 5.67. The number of hydrogen-bond donors (Lipinski definition) is 2. The van der Waals surface area contributed by atoms with Crippen LogP contribution in [0.1, 0.15) is 27.0 Å². The van der Waals surface area contributed by atoms with E-state index in [4.69, 9.17) is 5.73 Å². The van der Waals surface area contributed by atoms with Crippen molar-refractivity contribution in [2.45, 2.75) is 20.4 Å². The average Bonchev–Trinajstić information content (AvgIpc) is 2.42. The van der Waals surface area contributed by atoms with Crippen LogP contribution in [0.5, 0.6) is 0 Å². The zero-order chi connectivity index (χ0) is 13.8. The third kappa shape index (κ3) is 3.01. The van der Waals surface area contributed by atoms with Gasteiger partial charge in [-0.15, -0.1) is 0 Å². The number of aryl methyl sites for hydroxylation is 1. The molecule has 0 atom stereocenters. The summed E-state index contributed by atoms with van der Waals surface area (Å²) in [5, 5.41) is 2.91. The van der Waals surface area contributed by atoms with E-state index in [9.17, 15) is 4.79 Å². The molecule has 0 aliphatic carbocycles. The van der Waals surface area contributed by atoms with E-state index in [0.717, 1.165) is 22.4 Å². The summed E-state index contributed by atoms with van der Waals surface area (Å²) in [5.74, 6) is -0.0876. The maximum atomic E-state index is 12.2. The van der Waals surface area contributed by atoms with Gasteiger partial charge in [-0.3, -0.25) is 4.79 Å². The lowest BCUT2D eigenvalue weighted by Crippen LogP contribution is -2.14. The first kappa shape index (κ1) is 13.3. The van der Waals surface area contributed by atoms with Crippen LogP contribution >= 0.6 is 0 Å². The Kier molecular flexibility index (Phi) is 3.97. The Balaban J connectivity index is 2.23. The Bertz CT molecular complexity index is 605. The van der Waals surface area contributed by atoms with Crippen molar-refractivity contribution in [2.24, 2.45) is 5.73 Å². The molecule has 1 amide bonds. The summed E-state index contributed by atoms with van der Waals surface area (Å²) in [7, 11) is 0. The summed E-state index contributed by atoms with van der Waals surface area (Å²) in [6.45, 7) is 4.43. The fourth-order valence-electron chi connectivity index (χ4n) is 1.97. The lowest BCUT2D eigenvalue weighted by molar-refractivity contribution is 0.102. The topological polar surface area (TPSA) is 55.1 Å². The van der Waals surface area contributed by atoms with E-state index in [1.807, 2.05) is 56.3 Å². The van der Waals surface area contributed by atoms with Crippen LogP contribution in [-0.2, 0) is 6.54 Å². The van der Waals surface area contributed by atoms with Crippen LogP contribution in [0.2, 0.25) is 0 Å². The van der Waals surface area contributed by atoms with Gasteiger partial charge in [-0.25, -0.2) is 0 Å². The summed E-state index contributed by atoms with van der Waals surface area (Å²) in [5.41, 5.74) is 10.2. The van der Waals surface area contributed by atoms with Crippen LogP contribution < -0.4 is 11.1 Å². The van der Waals surface area contributed by atoms with Gasteiger partial charge in [0.2, 0.25) is 0 Å². The highest BCUT2D eigenvalue weighted by atomic mass is 16.1. The summed E-state index contributed by atoms with van der Waals surface area (Å²) < 4.78 is 0. The number of amides is 1. The molecular formula is C16H18N2O. The van der Waals surface area contributed by atoms with Crippen molar-refractivity contribution in [3.8, 4) is 0 Å². The number of nitrogens with one attached hydrogen (secondary N) is 1. The minimum Gasteiger partial charge on any atom is -0.326 e. The van der Waals surface area contributed by atoms with Gasteiger partial charge in [-0.1, -0.05) is 24.3 Å². The van der Waals surface area contributed by atoms with E-state index in [-0.39, 0.29) is 5.91 Å². The third-order valence-corrected chi connectivity index (χ3v) is 3.27. The van der Waals surface area contributed by atoms with Crippen molar-refractivity contribution in [1.82, 2.24) is 0 Å². The first-order valence-electron chi connectivity index (χ1n) is 6.28. The highest BCUT2D eigenvalue weighted by Crippen LogP contribution is 2.16. The summed E-state index contributed by atoms with van der Waals surface area (Å²) in [6.07, 6.45) is 0. The highest BCUT2D eigenvalue weighted by molar-refractivity contribution is 6.05. The van der Waals surface area contributed by atoms with Gasteiger partial charge < -0.3 is 11.1 Å². The lowest BCUT2D eigenvalue weighted by Gasteiger charge is -2.10. The van der Waals surface area contributed by atoms with Crippen LogP contribution in [0, 0.1) is 13.8 Å². The average molecular weight is 254 g/mol. The van der Waals surface area contributed by atoms with Crippen LogP contribution in [-0.4, -0.2) is 5.91 Å². The van der Waals surface area contributed by atoms with E-state index in [2.05, 4.69) is 5.32 Å². The Morgan fingerprint density at radius 1 is 1.16 bits per heavy atom. The van der Waals surface area contributed by atoms with E-state index >= 15 is 0 Å². The van der Waals surface area contributed by atoms with Gasteiger partial charge in [0.05, 0.1) is 0 Å². The van der Waals surface area contributed by atoms with Gasteiger partial charge in [-0.05, 0) is 48.7 Å². The van der Waals surface area contributed by atoms with Crippen molar-refractivity contribution < 1.29 is 4.79 Å². The quantitative estimate of drug-likeness (QED) is 0.884. The van der Waals surface area contributed by atoms with E-state index < -0.39 is 0 Å². The van der Waals surface area contributed by atoms with Gasteiger partial charge in [-0.2, -0.15) is 0 Å². The fourth-order valence-corrected chi connectivity index (χ4v) is 1.97. The van der Waals surface area contributed by atoms with Crippen LogP contribution in [0.4, 0.5) is 5.69 Å². The molecule has 0 saturated heterocycles. The van der Waals surface area contributed by atoms with Crippen molar-refractivity contribution in [3.63, 3.8) is 0 Å². The summed E-state index contributed by atoms with van der Waals surface area (Å²) in [6, 6.07) is 13.3. The molecule has 0 bridgehead atoms. The molecule has 98 valence electrons. The Morgan fingerprint density at radius 3 is 2.63 bits per heavy atom. The van der Waals surface area contributed by atoms with E-state index in [0.29, 0.717) is 12.1 Å². The monoisotopic (exact) mass is 254 g/mol. The molecule has 0 unspecified atom stereocenters. The first-order chi connectivity index (χ1) is 9.11. The molecule has 0 aliphatic heterocycles. The molecule has 0 aromatic heterocycles. The number of anilines is 1. The third-order valence-electron chi connectivity index (χ3n) is 3.27. The molecule has 2 rings (SSSR count). The second-order valence-corrected chi connectivity index (χ2v) is 4.61. The molecule has 3 heteroatoms. The molecule has 0 aliphatic rings. The maximum absolute atomic E-state index is 12.2. The standard InChI is InChI=1S/C16H18N2O/c1-11-5-3-8-15(12(11)2)16(19)18-14-7-4-6-13(9-14)10-17/h3-9H,10,17H2,1-2H3,(H,18,19). The largest absolute Gasteiger partial charge is 0.326 e. The number of hydrogen-bond acceptors (Lipinski definition) is 2. The summed E-state index contributed by atoms with van der Waals surface area (Å²) >= 11 is 0. The molecule has 3 nitrogen and oxygen atoms in total. The minimum atomic E-state index is -0.0876. The first-order valence-corrected chi connectivity index (χ1v) is 6.28. The van der Waals surface area contributed by atoms with Crippen molar-refractivity contribution in [2.75, 3.05) is 5.32 Å². The molecule has 2 aromatic carbocycles. The zero-order valence-electron chi connectivity index (χ0n) is 11.2. The molecule has 0 saturated carbocycles. The second-order valence-electron chi connectivity index (χ2n) is 4.61. The molecule has 2 aromatic rings. The molecule has 0 heterocycles. The Hall–Kier alpha value is -2.13. The predicted octanol–water partition coefficient (Wildman–Crippen LogP) is 3.01. The maximum Gasteiger partial charge on any atom is 0.255 e. The number of carbonyl (C=O) groups excluding carboxylic acids is 1. The SMILES string of the molecule is Cc1cccc(C(=O)Nc2cccc(CN)c2)c1C. The van der Waals surface area contributed by atoms with Crippen LogP contribution in [0.25, 0.3) is 0 Å². The van der Waals surface area contributed by atoms with Gasteiger partial charge in [0, 0.05) is 17.8 Å². The van der Waals surface area contributed by atoms with Crippen molar-refractivity contribution in [1.29, 1.82) is 0 Å². The Morgan fingerprint density at radius 2 is 1.89 bits per heavy atom. The minimum absolute atomic E-state index is 0.0876. The lowest BCUT2D eigenvalue weighted by atomic mass is 10.0.